The van der Waals surface area contributed by atoms with Gasteiger partial charge in [-0.15, -0.1) is 0 Å². The average molecular weight is 181 g/mol. The van der Waals surface area contributed by atoms with Gasteiger partial charge < -0.3 is 5.32 Å². The summed E-state index contributed by atoms with van der Waals surface area (Å²) in [4.78, 5) is 0. The third kappa shape index (κ3) is 3.51. The highest BCUT2D eigenvalue weighted by molar-refractivity contribution is 4.96. The van der Waals surface area contributed by atoms with Crippen molar-refractivity contribution < 1.29 is 0 Å². The van der Waals surface area contributed by atoms with E-state index < -0.39 is 0 Å². The molecule has 0 aliphatic heterocycles. The molecule has 0 unspecified atom stereocenters. The van der Waals surface area contributed by atoms with Gasteiger partial charge in [0, 0.05) is 12.6 Å². The average Bonchev–Trinajstić information content (AvgIpc) is 2.66. The summed E-state index contributed by atoms with van der Waals surface area (Å²) in [5.41, 5.74) is 1.32. The standard InChI is InChI=1S/C12H23N/c1-4-10(2)9-13-11(3)12-7-5-6-8-12/h11-13H,2,4-9H2,1,3H3/t11-/m0/s1. The van der Waals surface area contributed by atoms with Crippen LogP contribution >= 0.6 is 0 Å². The minimum Gasteiger partial charge on any atom is -0.310 e. The smallest absolute Gasteiger partial charge is 0.0164 e. The van der Waals surface area contributed by atoms with Gasteiger partial charge >= 0.3 is 0 Å². The van der Waals surface area contributed by atoms with Crippen LogP contribution in [0.1, 0.15) is 46.0 Å². The van der Waals surface area contributed by atoms with E-state index in [0.29, 0.717) is 6.04 Å². The Morgan fingerprint density at radius 1 is 1.46 bits per heavy atom. The molecule has 1 aliphatic carbocycles. The molecule has 0 heterocycles. The lowest BCUT2D eigenvalue weighted by atomic mass is 9.99. The van der Waals surface area contributed by atoms with E-state index in [1.54, 1.807) is 0 Å². The molecule has 1 atom stereocenters. The maximum absolute atomic E-state index is 4.01. The molecule has 1 heteroatoms. The van der Waals surface area contributed by atoms with Crippen molar-refractivity contribution in [1.82, 2.24) is 5.32 Å². The quantitative estimate of drug-likeness (QED) is 0.643. The Morgan fingerprint density at radius 3 is 2.62 bits per heavy atom. The summed E-state index contributed by atoms with van der Waals surface area (Å²) in [6.07, 6.45) is 6.82. The van der Waals surface area contributed by atoms with E-state index in [0.717, 1.165) is 18.9 Å². The van der Waals surface area contributed by atoms with Crippen molar-refractivity contribution in [1.29, 1.82) is 0 Å². The van der Waals surface area contributed by atoms with E-state index in [9.17, 15) is 0 Å². The maximum Gasteiger partial charge on any atom is 0.0164 e. The molecule has 0 amide bonds. The second-order valence-electron chi connectivity index (χ2n) is 4.32. The predicted molar refractivity (Wildman–Crippen MR) is 58.9 cm³/mol. The second kappa shape index (κ2) is 5.43. The van der Waals surface area contributed by atoms with Gasteiger partial charge in [-0.25, -0.2) is 0 Å². The third-order valence-corrected chi connectivity index (χ3v) is 3.28. The Labute approximate surface area is 82.6 Å². The zero-order chi connectivity index (χ0) is 9.68. The van der Waals surface area contributed by atoms with Crippen LogP contribution < -0.4 is 5.32 Å². The summed E-state index contributed by atoms with van der Waals surface area (Å²) in [5.74, 6) is 0.921. The Morgan fingerprint density at radius 2 is 2.08 bits per heavy atom. The van der Waals surface area contributed by atoms with Crippen molar-refractivity contribution in [2.75, 3.05) is 6.54 Å². The van der Waals surface area contributed by atoms with Gasteiger partial charge in [0.05, 0.1) is 0 Å². The molecule has 0 bridgehead atoms. The van der Waals surface area contributed by atoms with Crippen LogP contribution in [0.5, 0.6) is 0 Å². The molecule has 1 nitrogen and oxygen atoms in total. The van der Waals surface area contributed by atoms with E-state index >= 15 is 0 Å². The molecule has 13 heavy (non-hydrogen) atoms. The molecule has 0 spiro atoms. The largest absolute Gasteiger partial charge is 0.310 e. The number of hydrogen-bond donors (Lipinski definition) is 1. The Bertz CT molecular complexity index is 157. The molecule has 76 valence electrons. The van der Waals surface area contributed by atoms with Crippen molar-refractivity contribution in [3.8, 4) is 0 Å². The highest BCUT2D eigenvalue weighted by Gasteiger charge is 2.20. The van der Waals surface area contributed by atoms with Gasteiger partial charge in [0.2, 0.25) is 0 Å². The van der Waals surface area contributed by atoms with Crippen molar-refractivity contribution >= 4 is 0 Å². The van der Waals surface area contributed by atoms with Crippen molar-refractivity contribution in [3.05, 3.63) is 12.2 Å². The molecule has 0 saturated heterocycles. The topological polar surface area (TPSA) is 12.0 Å². The number of hydrogen-bond acceptors (Lipinski definition) is 1. The van der Waals surface area contributed by atoms with Gasteiger partial charge in [-0.3, -0.25) is 0 Å². The van der Waals surface area contributed by atoms with Gasteiger partial charge in [0.25, 0.3) is 0 Å². The zero-order valence-electron chi connectivity index (χ0n) is 9.10. The van der Waals surface area contributed by atoms with Crippen LogP contribution in [0.2, 0.25) is 0 Å². The minimum atomic E-state index is 0.686. The van der Waals surface area contributed by atoms with Gasteiger partial charge in [-0.1, -0.05) is 31.9 Å². The lowest BCUT2D eigenvalue weighted by Crippen LogP contribution is -2.33. The Balaban J connectivity index is 2.16. The van der Waals surface area contributed by atoms with Crippen LogP contribution in [0.3, 0.4) is 0 Å². The fraction of sp³-hybridized carbons (Fsp3) is 0.833. The zero-order valence-corrected chi connectivity index (χ0v) is 9.10. The molecule has 1 fully saturated rings. The second-order valence-corrected chi connectivity index (χ2v) is 4.32. The van der Waals surface area contributed by atoms with Crippen LogP contribution in [0.4, 0.5) is 0 Å². The van der Waals surface area contributed by atoms with Gasteiger partial charge in [-0.2, -0.15) is 0 Å². The van der Waals surface area contributed by atoms with Crippen LogP contribution in [0, 0.1) is 5.92 Å². The summed E-state index contributed by atoms with van der Waals surface area (Å²) >= 11 is 0. The Kier molecular flexibility index (Phi) is 4.51. The third-order valence-electron chi connectivity index (χ3n) is 3.28. The maximum atomic E-state index is 4.01. The van der Waals surface area contributed by atoms with E-state index in [1.807, 2.05) is 0 Å². The van der Waals surface area contributed by atoms with Crippen LogP contribution in [-0.4, -0.2) is 12.6 Å². The summed E-state index contributed by atoms with van der Waals surface area (Å²) in [6.45, 7) is 9.51. The highest BCUT2D eigenvalue weighted by atomic mass is 14.9. The van der Waals surface area contributed by atoms with E-state index in [2.05, 4.69) is 25.7 Å². The molecule has 1 N–H and O–H groups in total. The van der Waals surface area contributed by atoms with Crippen molar-refractivity contribution in [2.45, 2.75) is 52.0 Å². The first kappa shape index (κ1) is 10.8. The first-order chi connectivity index (χ1) is 6.24. The first-order valence-electron chi connectivity index (χ1n) is 5.64. The molecule has 1 rings (SSSR count). The molecule has 0 radical (unpaired) electrons. The molecular formula is C12H23N. The lowest BCUT2D eigenvalue weighted by Gasteiger charge is -2.20. The number of nitrogens with one attached hydrogen (secondary N) is 1. The Hall–Kier alpha value is -0.300. The minimum absolute atomic E-state index is 0.686. The number of rotatable bonds is 5. The molecule has 0 aromatic carbocycles. The van der Waals surface area contributed by atoms with E-state index in [1.165, 1.54) is 31.3 Å². The predicted octanol–water partition coefficient (Wildman–Crippen LogP) is 3.12. The summed E-state index contributed by atoms with van der Waals surface area (Å²) < 4.78 is 0. The van der Waals surface area contributed by atoms with Crippen molar-refractivity contribution in [3.63, 3.8) is 0 Å². The van der Waals surface area contributed by atoms with Crippen LogP contribution in [-0.2, 0) is 0 Å². The lowest BCUT2D eigenvalue weighted by molar-refractivity contribution is 0.391. The van der Waals surface area contributed by atoms with Crippen molar-refractivity contribution in [2.24, 2.45) is 5.92 Å². The molecule has 1 saturated carbocycles. The molecular weight excluding hydrogens is 158 g/mol. The molecule has 0 aromatic rings. The molecule has 0 aromatic heterocycles. The molecule has 1 aliphatic rings. The SMILES string of the molecule is C=C(CC)CN[C@@H](C)C1CCCC1. The fourth-order valence-electron chi connectivity index (χ4n) is 2.05. The van der Waals surface area contributed by atoms with Gasteiger partial charge in [-0.05, 0) is 32.1 Å². The van der Waals surface area contributed by atoms with Gasteiger partial charge in [0.1, 0.15) is 0 Å². The summed E-state index contributed by atoms with van der Waals surface area (Å²) in [7, 11) is 0. The van der Waals surface area contributed by atoms with Crippen LogP contribution in [0.15, 0.2) is 12.2 Å². The van der Waals surface area contributed by atoms with E-state index in [-0.39, 0.29) is 0 Å². The van der Waals surface area contributed by atoms with Gasteiger partial charge in [0.15, 0.2) is 0 Å². The summed E-state index contributed by atoms with van der Waals surface area (Å²) in [5, 5.41) is 3.58. The normalized spacial score (nSPS) is 20.5. The van der Waals surface area contributed by atoms with E-state index in [4.69, 9.17) is 0 Å². The fourth-order valence-corrected chi connectivity index (χ4v) is 2.05. The monoisotopic (exact) mass is 181 g/mol. The summed E-state index contributed by atoms with van der Waals surface area (Å²) in [6, 6.07) is 0.686. The first-order valence-corrected chi connectivity index (χ1v) is 5.64. The van der Waals surface area contributed by atoms with Crippen LogP contribution in [0.25, 0.3) is 0 Å². The highest BCUT2D eigenvalue weighted by Crippen LogP contribution is 2.27.